The number of fused-ring (bicyclic) bond motifs is 20. The molecule has 532 valence electrons. The van der Waals surface area contributed by atoms with Crippen molar-refractivity contribution in [2.75, 3.05) is 0 Å². The normalized spacial score (nSPS) is 15.4. The molecule has 24 rings (SSSR count). The summed E-state index contributed by atoms with van der Waals surface area (Å²) in [5.41, 5.74) is 2.12. The predicted octanol–water partition coefficient (Wildman–Crippen LogP) is 26.9. The minimum Gasteiger partial charge on any atom is -0.456 e. The van der Waals surface area contributed by atoms with Crippen molar-refractivity contribution < 1.29 is 57.4 Å². The molecule has 0 radical (unpaired) electrons. The Morgan fingerprint density at radius 2 is 0.684 bits per heavy atom. The summed E-state index contributed by atoms with van der Waals surface area (Å²) in [5, 5.41) is 0.286. The lowest BCUT2D eigenvalue weighted by molar-refractivity contribution is 0.668. The molecule has 12 heteroatoms. The first kappa shape index (κ1) is 41.8. The quantitative estimate of drug-likeness (QED) is 0.130. The Balaban J connectivity index is 0.000000159. The van der Waals surface area contributed by atoms with Crippen molar-refractivity contribution in [2.24, 2.45) is 0 Å². The van der Waals surface area contributed by atoms with Gasteiger partial charge in [-0.3, -0.25) is 9.13 Å². The van der Waals surface area contributed by atoms with E-state index < -0.39 is 145 Å². The highest BCUT2D eigenvalue weighted by Crippen LogP contribution is 2.47. The van der Waals surface area contributed by atoms with Crippen molar-refractivity contribution in [3.8, 4) is 102 Å². The Morgan fingerprint density at radius 1 is 0.228 bits per heavy atom. The van der Waals surface area contributed by atoms with Crippen molar-refractivity contribution in [2.45, 2.75) is 0 Å². The number of aromatic nitrogens is 8. The number of para-hydroxylation sites is 3. The third-order valence-corrected chi connectivity index (χ3v) is 20.0. The van der Waals surface area contributed by atoms with Crippen molar-refractivity contribution in [1.29, 1.82) is 0 Å². The van der Waals surface area contributed by atoms with E-state index in [1.54, 1.807) is 182 Å². The van der Waals surface area contributed by atoms with Crippen molar-refractivity contribution in [1.82, 2.24) is 39.0 Å². The molecule has 0 atom stereocenters. The van der Waals surface area contributed by atoms with E-state index >= 15 is 0 Å². The molecular weight excluding hydrogens is 1400 g/mol. The topological polar surface area (TPSA) is 140 Å². The van der Waals surface area contributed by atoms with E-state index in [2.05, 4.69) is 0 Å². The molecule has 8 aromatic heterocycles. The van der Waals surface area contributed by atoms with Gasteiger partial charge in [-0.05, 0) is 124 Å². The number of furan rings is 4. The maximum atomic E-state index is 9.69. The maximum absolute atomic E-state index is 9.69. The first-order chi connectivity index (χ1) is 68.6. The summed E-state index contributed by atoms with van der Waals surface area (Å²) < 4.78 is 291. The summed E-state index contributed by atoms with van der Waals surface area (Å²) in [6.45, 7) is 0. The van der Waals surface area contributed by atoms with Gasteiger partial charge in [-0.2, -0.15) is 19.9 Å². The molecule has 0 unspecified atom stereocenters. The van der Waals surface area contributed by atoms with Gasteiger partial charge in [-0.1, -0.05) is 279 Å². The molecule has 12 nitrogen and oxygen atoms in total. The molecule has 0 amide bonds. The fraction of sp³-hybridized carbons (Fsp3) is 0. The monoisotopic (exact) mass is 1490 g/mol. The number of benzene rings is 16. The maximum Gasteiger partial charge on any atom is 0.238 e. The smallest absolute Gasteiger partial charge is 0.238 e. The largest absolute Gasteiger partial charge is 0.456 e. The van der Waals surface area contributed by atoms with Crippen LogP contribution in [0.4, 0.5) is 0 Å². The standard InChI is InChI=1S/2C51H30N4O2/c1-4-14-31(15-5-1)35-21-13-25-42-45(35)39-27-26-34(30-44(39)56-42)50-52-49(33-18-8-3-9-19-33)53-51(54-50)55-41-24-11-10-20-37(41)38-28-29-43-46(47(38)55)40-23-12-22-36(48(40)57-43)32-16-6-2-7-17-32;1-4-13-31(14-5-1)34-23-25-40-44(29-34)57-43-28-27-38-37-19-10-11-21-41(37)55(48(38)47(40)43)51-53-49(33-17-8-3-9-18-33)52-50(54-51)35-24-26-39-45(30-35)56-42-22-12-20-36(46(39)42)32-15-6-2-7-16-32/h2*1-30H/i1D,4D,5D,10D,11D,12D,14D,15D,20D,22D,23D,24D,28D,29D;10D,11D,12D,19D,20D,21D,22D,23D,24D,25D,26D,27D,28D,29D,30D. The van der Waals surface area contributed by atoms with Crippen LogP contribution in [0.5, 0.6) is 0 Å². The Labute approximate surface area is 690 Å². The lowest BCUT2D eigenvalue weighted by Gasteiger charge is -2.11. The lowest BCUT2D eigenvalue weighted by atomic mass is 9.99. The van der Waals surface area contributed by atoms with E-state index in [0.717, 1.165) is 0 Å². The van der Waals surface area contributed by atoms with Gasteiger partial charge in [0, 0.05) is 81.7 Å². The molecule has 0 aliphatic rings. The summed E-state index contributed by atoms with van der Waals surface area (Å²) in [6, 6.07) is 39.4. The number of hydrogen-bond acceptors (Lipinski definition) is 10. The van der Waals surface area contributed by atoms with Crippen molar-refractivity contribution >= 4 is 131 Å². The molecule has 0 aliphatic heterocycles. The minimum atomic E-state index is -0.679. The van der Waals surface area contributed by atoms with Gasteiger partial charge in [-0.25, -0.2) is 9.97 Å². The van der Waals surface area contributed by atoms with E-state index in [-0.39, 0.29) is 203 Å². The summed E-state index contributed by atoms with van der Waals surface area (Å²) in [6.07, 6.45) is 0. The molecule has 0 saturated carbocycles. The highest BCUT2D eigenvalue weighted by Gasteiger charge is 2.27. The van der Waals surface area contributed by atoms with Crippen LogP contribution in [0.2, 0.25) is 0 Å². The second kappa shape index (κ2) is 26.0. The minimum absolute atomic E-state index is 0.00420. The van der Waals surface area contributed by atoms with Crippen LogP contribution in [-0.2, 0) is 0 Å². The van der Waals surface area contributed by atoms with Crippen LogP contribution in [-0.4, -0.2) is 39.0 Å². The Morgan fingerprint density at radius 3 is 1.31 bits per heavy atom. The van der Waals surface area contributed by atoms with Gasteiger partial charge < -0.3 is 17.7 Å². The second-order valence-electron chi connectivity index (χ2n) is 26.5. The van der Waals surface area contributed by atoms with Gasteiger partial charge in [0.2, 0.25) is 11.9 Å². The van der Waals surface area contributed by atoms with Crippen LogP contribution in [0.1, 0.15) is 39.8 Å². The zero-order valence-corrected chi connectivity index (χ0v) is 58.6. The first-order valence-electron chi connectivity index (χ1n) is 50.2. The molecule has 16 aromatic carbocycles. The lowest BCUT2D eigenvalue weighted by Crippen LogP contribution is -2.06. The van der Waals surface area contributed by atoms with Crippen LogP contribution < -0.4 is 0 Å². The van der Waals surface area contributed by atoms with E-state index in [0.29, 0.717) is 60.9 Å². The van der Waals surface area contributed by atoms with Gasteiger partial charge in [-0.15, -0.1) is 0 Å². The van der Waals surface area contributed by atoms with Gasteiger partial charge in [0.25, 0.3) is 0 Å². The summed E-state index contributed by atoms with van der Waals surface area (Å²) >= 11 is 0. The second-order valence-corrected chi connectivity index (χ2v) is 26.5. The van der Waals surface area contributed by atoms with Gasteiger partial charge in [0.15, 0.2) is 23.3 Å². The molecule has 0 bridgehead atoms. The Kier molecular flexibility index (Phi) is 9.54. The zero-order valence-electron chi connectivity index (χ0n) is 87.6. The molecule has 0 fully saturated rings. The van der Waals surface area contributed by atoms with E-state index in [4.69, 9.17) is 66.8 Å². The number of nitrogens with zero attached hydrogens (tertiary/aromatic N) is 8. The third-order valence-electron chi connectivity index (χ3n) is 20.0. The SMILES string of the molecule is [2H]c1c([2H])c(-c2ccccc2)c2c(oc3c([2H])c(-c4nc(-c5ccccc5)nc(-n5c6c([2H])c([2H])c([2H])c([2H])c6c6c([2H])c([2H])c7oc8c([2H])c(-c9ccccc9)c([2H])c([2H])c8c7c65)n4)c([2H])c([2H])c32)c1[2H].[2H]c1c([2H])c([2H])c(-c2cccc3oc4cc(-c5nc(-c6ccccc6)nc(-n6c7c([2H])c([2H])c([2H])c([2H])c7c7c([2H])c([2H])c8oc9c(-c%10ccccc%10)c([2H])c([2H])c([2H])c9c8c76)n5)ccc4c23)c([2H])c1[2H]. The third kappa shape index (κ3) is 10.5. The molecule has 0 N–H and O–H groups in total. The van der Waals surface area contributed by atoms with Crippen LogP contribution >= 0.6 is 0 Å². The molecule has 0 saturated heterocycles. The molecule has 0 spiro atoms. The fourth-order valence-electron chi connectivity index (χ4n) is 14.9. The van der Waals surface area contributed by atoms with Crippen LogP contribution in [0.25, 0.3) is 233 Å². The predicted molar refractivity (Wildman–Crippen MR) is 461 cm³/mol. The summed E-state index contributed by atoms with van der Waals surface area (Å²) in [4.78, 5) is 29.3. The number of rotatable bonds is 10. The highest BCUT2D eigenvalue weighted by molar-refractivity contribution is 6.27. The van der Waals surface area contributed by atoms with Crippen LogP contribution in [0, 0.1) is 0 Å². The van der Waals surface area contributed by atoms with Gasteiger partial charge >= 0.3 is 0 Å². The van der Waals surface area contributed by atoms with Crippen molar-refractivity contribution in [3.63, 3.8) is 0 Å². The summed E-state index contributed by atoms with van der Waals surface area (Å²) in [7, 11) is 0. The zero-order chi connectivity index (χ0) is 100. The van der Waals surface area contributed by atoms with Gasteiger partial charge in [0.1, 0.15) is 44.7 Å². The fourth-order valence-corrected chi connectivity index (χ4v) is 14.9. The van der Waals surface area contributed by atoms with E-state index in [1.165, 1.54) is 9.13 Å². The average molecular weight is 1490 g/mol. The average Bonchev–Trinajstić information content (AvgIpc) is 1.52. The van der Waals surface area contributed by atoms with E-state index in [9.17, 15) is 20.6 Å². The summed E-state index contributed by atoms with van der Waals surface area (Å²) in [5.74, 6) is -0.845. The first-order valence-corrected chi connectivity index (χ1v) is 35.7. The van der Waals surface area contributed by atoms with Crippen LogP contribution in [0.15, 0.2) is 381 Å². The van der Waals surface area contributed by atoms with Crippen LogP contribution in [0.3, 0.4) is 0 Å². The van der Waals surface area contributed by atoms with E-state index in [1.807, 2.05) is 6.07 Å². The molecule has 24 aromatic rings. The molecule has 114 heavy (non-hydrogen) atoms. The molecule has 8 heterocycles. The molecule has 0 aliphatic carbocycles. The Bertz CT molecular complexity index is 9820. The highest BCUT2D eigenvalue weighted by atomic mass is 16.3. The number of hydrogen-bond donors (Lipinski definition) is 0. The Hall–Kier alpha value is -15.7. The van der Waals surface area contributed by atoms with Gasteiger partial charge in [0.05, 0.1) is 72.6 Å². The van der Waals surface area contributed by atoms with Crippen molar-refractivity contribution in [3.05, 3.63) is 363 Å². The molecular formula is C102H60N8O4.